The number of nitrogens with zero attached hydrogens (tertiary/aromatic N) is 2. The molecule has 5 nitrogen and oxygen atoms in total. The fourth-order valence-electron chi connectivity index (χ4n) is 4.21. The Morgan fingerprint density at radius 3 is 2.28 bits per heavy atom. The van der Waals surface area contributed by atoms with Crippen molar-refractivity contribution in [3.05, 3.63) is 59.7 Å². The minimum absolute atomic E-state index is 0.234. The van der Waals surface area contributed by atoms with Gasteiger partial charge in [0.1, 0.15) is 5.75 Å². The molecule has 29 heavy (non-hydrogen) atoms. The predicted molar refractivity (Wildman–Crippen MR) is 114 cm³/mol. The number of anilines is 1. The summed E-state index contributed by atoms with van der Waals surface area (Å²) in [6, 6.07) is 16.7. The van der Waals surface area contributed by atoms with Crippen molar-refractivity contribution in [1.29, 1.82) is 0 Å². The fourth-order valence-corrected chi connectivity index (χ4v) is 4.21. The second kappa shape index (κ2) is 9.42. The molecule has 0 aliphatic carbocycles. The lowest BCUT2D eigenvalue weighted by molar-refractivity contribution is -0.117. The molecule has 5 heteroatoms. The van der Waals surface area contributed by atoms with Crippen LogP contribution in [0.15, 0.2) is 48.5 Å². The number of carbonyl (C=O) groups is 1. The average Bonchev–Trinajstić information content (AvgIpc) is 3.41. The summed E-state index contributed by atoms with van der Waals surface area (Å²) in [4.78, 5) is 16.3. The third-order valence-electron chi connectivity index (χ3n) is 5.78. The van der Waals surface area contributed by atoms with Gasteiger partial charge in [0, 0.05) is 44.9 Å². The van der Waals surface area contributed by atoms with Crippen molar-refractivity contribution in [2.45, 2.75) is 44.9 Å². The molecule has 2 saturated heterocycles. The lowest BCUT2D eigenvalue weighted by Crippen LogP contribution is -2.31. The second-order valence-electron chi connectivity index (χ2n) is 7.97. The maximum Gasteiger partial charge on any atom is 0.227 e. The maximum absolute atomic E-state index is 12.0. The topological polar surface area (TPSA) is 42.0 Å². The molecule has 2 fully saturated rings. The molecule has 1 amide bonds. The van der Waals surface area contributed by atoms with Gasteiger partial charge in [0.25, 0.3) is 0 Å². The molecule has 0 bridgehead atoms. The van der Waals surface area contributed by atoms with Gasteiger partial charge in [-0.3, -0.25) is 9.69 Å². The largest absolute Gasteiger partial charge is 0.497 e. The van der Waals surface area contributed by atoms with Gasteiger partial charge >= 0.3 is 0 Å². The molecule has 4 rings (SSSR count). The van der Waals surface area contributed by atoms with Gasteiger partial charge in [-0.15, -0.1) is 0 Å². The fraction of sp³-hybridized carbons (Fsp3) is 0.458. The normalized spacial score (nSPS) is 19.3. The van der Waals surface area contributed by atoms with Crippen molar-refractivity contribution < 1.29 is 14.3 Å². The van der Waals surface area contributed by atoms with Crippen LogP contribution in [0.3, 0.4) is 0 Å². The quantitative estimate of drug-likeness (QED) is 0.679. The first-order valence-corrected chi connectivity index (χ1v) is 10.6. The molecule has 0 N–H and O–H groups in total. The van der Waals surface area contributed by atoms with Gasteiger partial charge < -0.3 is 14.4 Å². The highest BCUT2D eigenvalue weighted by atomic mass is 16.5. The molecule has 0 aromatic heterocycles. The molecular formula is C24H30N2O3. The van der Waals surface area contributed by atoms with E-state index < -0.39 is 0 Å². The van der Waals surface area contributed by atoms with E-state index in [-0.39, 0.29) is 5.91 Å². The molecule has 0 saturated carbocycles. The monoisotopic (exact) mass is 394 g/mol. The summed E-state index contributed by atoms with van der Waals surface area (Å²) in [6.45, 7) is 4.37. The minimum Gasteiger partial charge on any atom is -0.497 e. The second-order valence-corrected chi connectivity index (χ2v) is 7.97. The molecule has 0 spiro atoms. The maximum atomic E-state index is 12.0. The molecule has 0 radical (unpaired) electrons. The summed E-state index contributed by atoms with van der Waals surface area (Å²) in [7, 11) is 1.69. The molecule has 154 valence electrons. The SMILES string of the molecule is COc1ccc(CN(Cc2ccc(N3CCCC3=O)cc2)C[C@H]2CCCO2)cc1. The van der Waals surface area contributed by atoms with Crippen LogP contribution in [0.4, 0.5) is 5.69 Å². The zero-order chi connectivity index (χ0) is 20.1. The van der Waals surface area contributed by atoms with Crippen LogP contribution in [-0.4, -0.2) is 43.7 Å². The number of carbonyl (C=O) groups excluding carboxylic acids is 1. The van der Waals surface area contributed by atoms with E-state index in [1.165, 1.54) is 11.1 Å². The van der Waals surface area contributed by atoms with Crippen LogP contribution in [0.5, 0.6) is 5.75 Å². The highest BCUT2D eigenvalue weighted by Crippen LogP contribution is 2.23. The first kappa shape index (κ1) is 19.9. The third-order valence-corrected chi connectivity index (χ3v) is 5.78. The van der Waals surface area contributed by atoms with Gasteiger partial charge in [-0.2, -0.15) is 0 Å². The number of hydrogen-bond acceptors (Lipinski definition) is 4. The third kappa shape index (κ3) is 5.17. The van der Waals surface area contributed by atoms with Gasteiger partial charge in [0.05, 0.1) is 13.2 Å². The molecule has 0 unspecified atom stereocenters. The molecule has 2 aliphatic heterocycles. The number of methoxy groups -OCH3 is 1. The van der Waals surface area contributed by atoms with E-state index in [0.717, 1.165) is 63.5 Å². The van der Waals surface area contributed by atoms with Gasteiger partial charge in [-0.25, -0.2) is 0 Å². The summed E-state index contributed by atoms with van der Waals surface area (Å²) in [6.07, 6.45) is 4.22. The van der Waals surface area contributed by atoms with Crippen molar-refractivity contribution in [1.82, 2.24) is 4.90 Å². The summed E-state index contributed by atoms with van der Waals surface area (Å²) >= 11 is 0. The zero-order valence-corrected chi connectivity index (χ0v) is 17.2. The number of amides is 1. The van der Waals surface area contributed by atoms with E-state index in [9.17, 15) is 4.79 Å². The zero-order valence-electron chi connectivity index (χ0n) is 17.2. The molecule has 2 aromatic rings. The highest BCUT2D eigenvalue weighted by Gasteiger charge is 2.22. The van der Waals surface area contributed by atoms with Crippen LogP contribution in [0.2, 0.25) is 0 Å². The van der Waals surface area contributed by atoms with E-state index in [0.29, 0.717) is 12.5 Å². The summed E-state index contributed by atoms with van der Waals surface area (Å²) in [5.74, 6) is 1.11. The predicted octanol–water partition coefficient (Wildman–Crippen LogP) is 4.00. The Hall–Kier alpha value is -2.37. The van der Waals surface area contributed by atoms with Crippen molar-refractivity contribution >= 4 is 11.6 Å². The van der Waals surface area contributed by atoms with Crippen LogP contribution in [0.25, 0.3) is 0 Å². The van der Waals surface area contributed by atoms with Crippen LogP contribution in [0.1, 0.15) is 36.8 Å². The lowest BCUT2D eigenvalue weighted by atomic mass is 10.1. The number of ether oxygens (including phenoxy) is 2. The van der Waals surface area contributed by atoms with Crippen LogP contribution < -0.4 is 9.64 Å². The molecule has 2 heterocycles. The highest BCUT2D eigenvalue weighted by molar-refractivity contribution is 5.95. The lowest BCUT2D eigenvalue weighted by Gasteiger charge is -2.26. The van der Waals surface area contributed by atoms with Crippen molar-refractivity contribution in [3.8, 4) is 5.75 Å². The standard InChI is InChI=1S/C24H30N2O3/c1-28-22-12-8-20(9-13-22)17-25(18-23-4-3-15-29-23)16-19-6-10-21(11-7-19)26-14-2-5-24(26)27/h6-13,23H,2-5,14-18H2,1H3/t23-/m1/s1. The first-order chi connectivity index (χ1) is 14.2. The summed E-state index contributed by atoms with van der Waals surface area (Å²) in [5, 5.41) is 0. The number of rotatable bonds is 8. The van der Waals surface area contributed by atoms with Crippen LogP contribution in [0, 0.1) is 0 Å². The van der Waals surface area contributed by atoms with E-state index >= 15 is 0 Å². The van der Waals surface area contributed by atoms with Crippen molar-refractivity contribution in [2.24, 2.45) is 0 Å². The Morgan fingerprint density at radius 1 is 1.03 bits per heavy atom. The van der Waals surface area contributed by atoms with Crippen LogP contribution in [-0.2, 0) is 22.6 Å². The van der Waals surface area contributed by atoms with Gasteiger partial charge in [0.2, 0.25) is 5.91 Å². The minimum atomic E-state index is 0.234. The van der Waals surface area contributed by atoms with E-state index in [4.69, 9.17) is 9.47 Å². The van der Waals surface area contributed by atoms with Crippen LogP contribution >= 0.6 is 0 Å². The summed E-state index contributed by atoms with van der Waals surface area (Å²) < 4.78 is 11.2. The molecule has 2 aliphatic rings. The Balaban J connectivity index is 1.44. The van der Waals surface area contributed by atoms with E-state index in [1.807, 2.05) is 17.0 Å². The molecule has 2 aromatic carbocycles. The molecular weight excluding hydrogens is 364 g/mol. The Labute approximate surface area is 173 Å². The van der Waals surface area contributed by atoms with Crippen molar-refractivity contribution in [2.75, 3.05) is 31.7 Å². The number of benzene rings is 2. The van der Waals surface area contributed by atoms with Gasteiger partial charge in [-0.05, 0) is 54.7 Å². The Bertz CT molecular complexity index is 798. The van der Waals surface area contributed by atoms with Gasteiger partial charge in [-0.1, -0.05) is 24.3 Å². The smallest absolute Gasteiger partial charge is 0.227 e. The average molecular weight is 395 g/mol. The summed E-state index contributed by atoms with van der Waals surface area (Å²) in [5.41, 5.74) is 3.53. The van der Waals surface area contributed by atoms with Gasteiger partial charge in [0.15, 0.2) is 0 Å². The Morgan fingerprint density at radius 2 is 1.72 bits per heavy atom. The van der Waals surface area contributed by atoms with E-state index in [2.05, 4.69) is 41.3 Å². The number of hydrogen-bond donors (Lipinski definition) is 0. The Kier molecular flexibility index (Phi) is 6.47. The first-order valence-electron chi connectivity index (χ1n) is 10.6. The van der Waals surface area contributed by atoms with Crippen molar-refractivity contribution in [3.63, 3.8) is 0 Å². The van der Waals surface area contributed by atoms with E-state index in [1.54, 1.807) is 7.11 Å². The molecule has 1 atom stereocenters.